The van der Waals surface area contributed by atoms with Crippen molar-refractivity contribution in [3.05, 3.63) is 24.3 Å². The number of carboxylic acids is 1. The number of rotatable bonds is 3. The van der Waals surface area contributed by atoms with E-state index < -0.39 is 43.1 Å². The average molecular weight is 371 g/mol. The molecule has 2 atom stereocenters. The molecule has 2 heterocycles. The summed E-state index contributed by atoms with van der Waals surface area (Å²) >= 11 is 0. The monoisotopic (exact) mass is 371 g/mol. The fourth-order valence-corrected chi connectivity index (χ4v) is 3.56. The number of nitrogens with zero attached hydrogens (tertiary/aromatic N) is 2. The number of benzene rings is 1. The Bertz CT molecular complexity index is 689. The average Bonchev–Trinajstić information content (AvgIpc) is 3.24. The van der Waals surface area contributed by atoms with Crippen LogP contribution in [-0.2, 0) is 4.79 Å². The molecule has 3 rings (SSSR count). The third kappa shape index (κ3) is 3.71. The van der Waals surface area contributed by atoms with E-state index in [-0.39, 0.29) is 0 Å². The Balaban J connectivity index is 1.74. The summed E-state index contributed by atoms with van der Waals surface area (Å²) in [6, 6.07) is 6.40. The molecule has 2 aliphatic heterocycles. The quantitative estimate of drug-likeness (QED) is 0.857. The molecule has 0 saturated carbocycles. The lowest BCUT2D eigenvalue weighted by atomic mass is 9.96. The number of amides is 2. The summed E-state index contributed by atoms with van der Waals surface area (Å²) in [6.07, 6.45) is -2.57. The maximum atomic E-state index is 13.1. The smallest absolute Gasteiger partial charge is 0.394 e. The van der Waals surface area contributed by atoms with Gasteiger partial charge in [-0.25, -0.2) is 4.79 Å². The predicted octanol–water partition coefficient (Wildman–Crippen LogP) is 3.01. The fraction of sp³-hybridized carbons (Fsp3) is 0.529. The minimum atomic E-state index is -4.66. The Morgan fingerprint density at radius 3 is 2.35 bits per heavy atom. The highest BCUT2D eigenvalue weighted by Crippen LogP contribution is 2.38. The van der Waals surface area contributed by atoms with Gasteiger partial charge >= 0.3 is 18.2 Å². The second-order valence-corrected chi connectivity index (χ2v) is 6.64. The van der Waals surface area contributed by atoms with Gasteiger partial charge in [-0.1, -0.05) is 12.1 Å². The van der Waals surface area contributed by atoms with E-state index in [1.54, 1.807) is 12.1 Å². The molecule has 1 aromatic rings. The highest BCUT2D eigenvalue weighted by molar-refractivity contribution is 5.94. The van der Waals surface area contributed by atoms with Crippen molar-refractivity contribution in [2.45, 2.75) is 19.0 Å². The summed E-state index contributed by atoms with van der Waals surface area (Å²) in [5, 5.41) is 11.7. The third-order valence-electron chi connectivity index (χ3n) is 4.94. The van der Waals surface area contributed by atoms with Gasteiger partial charge in [0.25, 0.3) is 0 Å². The van der Waals surface area contributed by atoms with Gasteiger partial charge in [-0.2, -0.15) is 13.2 Å². The van der Waals surface area contributed by atoms with Gasteiger partial charge in [0.1, 0.15) is 0 Å². The summed E-state index contributed by atoms with van der Waals surface area (Å²) in [4.78, 5) is 26.6. The van der Waals surface area contributed by atoms with Crippen molar-refractivity contribution in [3.63, 3.8) is 0 Å². The Morgan fingerprint density at radius 1 is 1.12 bits per heavy atom. The van der Waals surface area contributed by atoms with E-state index in [1.807, 2.05) is 12.1 Å². The molecule has 0 aromatic heterocycles. The van der Waals surface area contributed by atoms with E-state index in [1.165, 1.54) is 0 Å². The fourth-order valence-electron chi connectivity index (χ4n) is 3.56. The van der Waals surface area contributed by atoms with Crippen molar-refractivity contribution in [1.29, 1.82) is 0 Å². The molecular weight excluding hydrogens is 351 g/mol. The zero-order chi connectivity index (χ0) is 18.9. The van der Waals surface area contributed by atoms with E-state index in [2.05, 4.69) is 10.2 Å². The number of halogens is 3. The molecule has 0 unspecified atom stereocenters. The number of nitrogens with one attached hydrogen (secondary N) is 1. The number of alkyl halides is 3. The molecule has 2 saturated heterocycles. The number of hydrogen-bond acceptors (Lipinski definition) is 3. The van der Waals surface area contributed by atoms with Crippen LogP contribution in [0.4, 0.5) is 29.3 Å². The minimum Gasteiger partial charge on any atom is -0.481 e. The lowest BCUT2D eigenvalue weighted by Crippen LogP contribution is -2.35. The number of hydrogen-bond donors (Lipinski definition) is 2. The summed E-state index contributed by atoms with van der Waals surface area (Å²) in [5.41, 5.74) is 1.33. The van der Waals surface area contributed by atoms with Crippen molar-refractivity contribution in [2.24, 2.45) is 11.8 Å². The summed E-state index contributed by atoms with van der Waals surface area (Å²) in [6.45, 7) is 0.594. The molecule has 2 aliphatic rings. The number of carbonyl (C=O) groups is 2. The second-order valence-electron chi connectivity index (χ2n) is 6.64. The number of carboxylic acid groups (broad SMARTS) is 1. The number of para-hydroxylation sites is 2. The zero-order valence-corrected chi connectivity index (χ0v) is 14.0. The molecule has 142 valence electrons. The first-order valence-corrected chi connectivity index (χ1v) is 8.47. The van der Waals surface area contributed by atoms with Crippen LogP contribution in [0, 0.1) is 11.8 Å². The molecule has 0 radical (unpaired) electrons. The molecule has 1 aromatic carbocycles. The van der Waals surface area contributed by atoms with Gasteiger partial charge in [0.05, 0.1) is 23.2 Å². The van der Waals surface area contributed by atoms with Crippen LogP contribution in [0.15, 0.2) is 24.3 Å². The molecule has 0 aliphatic carbocycles. The first-order chi connectivity index (χ1) is 12.3. The van der Waals surface area contributed by atoms with Gasteiger partial charge < -0.3 is 20.2 Å². The molecule has 0 bridgehead atoms. The van der Waals surface area contributed by atoms with Crippen LogP contribution in [-0.4, -0.2) is 54.4 Å². The van der Waals surface area contributed by atoms with Gasteiger partial charge in [0.15, 0.2) is 0 Å². The standard InChI is InChI=1S/C17H20F3N3O3/c18-17(19,20)12-10-23(9-11(12)15(24)25)16(26)21-13-5-1-2-6-14(13)22-7-3-4-8-22/h1-2,5-6,11-12H,3-4,7-10H2,(H,21,26)(H,24,25)/t11-,12-/m1/s1. The first-order valence-electron chi connectivity index (χ1n) is 8.47. The molecular formula is C17H20F3N3O3. The van der Waals surface area contributed by atoms with Gasteiger partial charge in [0, 0.05) is 26.2 Å². The number of anilines is 2. The van der Waals surface area contributed by atoms with E-state index in [9.17, 15) is 22.8 Å². The Labute approximate surface area is 148 Å². The molecule has 2 fully saturated rings. The van der Waals surface area contributed by atoms with Crippen molar-refractivity contribution in [3.8, 4) is 0 Å². The highest BCUT2D eigenvalue weighted by Gasteiger charge is 2.53. The SMILES string of the molecule is O=C(O)[C@@H]1CN(C(=O)Nc2ccccc2N2CCCC2)C[C@H]1C(F)(F)F. The van der Waals surface area contributed by atoms with Crippen molar-refractivity contribution >= 4 is 23.4 Å². The van der Waals surface area contributed by atoms with Crippen molar-refractivity contribution in [1.82, 2.24) is 4.90 Å². The van der Waals surface area contributed by atoms with Crippen LogP contribution in [0.3, 0.4) is 0 Å². The lowest BCUT2D eigenvalue weighted by molar-refractivity contribution is -0.187. The number of likely N-dealkylation sites (tertiary alicyclic amines) is 1. The highest BCUT2D eigenvalue weighted by atomic mass is 19.4. The topological polar surface area (TPSA) is 72.9 Å². The number of aliphatic carboxylic acids is 1. The number of urea groups is 1. The van der Waals surface area contributed by atoms with E-state index in [0.717, 1.165) is 36.5 Å². The Hall–Kier alpha value is -2.45. The molecule has 2 amide bonds. The van der Waals surface area contributed by atoms with Crippen LogP contribution < -0.4 is 10.2 Å². The second kappa shape index (κ2) is 7.05. The van der Waals surface area contributed by atoms with E-state index in [0.29, 0.717) is 5.69 Å². The maximum absolute atomic E-state index is 13.1. The maximum Gasteiger partial charge on any atom is 0.394 e. The van der Waals surface area contributed by atoms with Crippen LogP contribution >= 0.6 is 0 Å². The van der Waals surface area contributed by atoms with Gasteiger partial charge in [0.2, 0.25) is 0 Å². The van der Waals surface area contributed by atoms with Gasteiger partial charge in [-0.15, -0.1) is 0 Å². The first kappa shape index (κ1) is 18.3. The third-order valence-corrected chi connectivity index (χ3v) is 4.94. The summed E-state index contributed by atoms with van der Waals surface area (Å²) in [7, 11) is 0. The lowest BCUT2D eigenvalue weighted by Gasteiger charge is -2.23. The van der Waals surface area contributed by atoms with E-state index >= 15 is 0 Å². The minimum absolute atomic E-state index is 0.461. The number of carbonyl (C=O) groups excluding carboxylic acids is 1. The molecule has 2 N–H and O–H groups in total. The van der Waals surface area contributed by atoms with Gasteiger partial charge in [-0.3, -0.25) is 4.79 Å². The van der Waals surface area contributed by atoms with Crippen molar-refractivity contribution in [2.75, 3.05) is 36.4 Å². The molecule has 9 heteroatoms. The molecule has 6 nitrogen and oxygen atoms in total. The van der Waals surface area contributed by atoms with Crippen molar-refractivity contribution < 1.29 is 27.9 Å². The summed E-state index contributed by atoms with van der Waals surface area (Å²) in [5.74, 6) is -5.24. The normalized spacial score (nSPS) is 23.3. The van der Waals surface area contributed by atoms with Crippen LogP contribution in [0.1, 0.15) is 12.8 Å². The van der Waals surface area contributed by atoms with E-state index in [4.69, 9.17) is 5.11 Å². The van der Waals surface area contributed by atoms with Gasteiger partial charge in [-0.05, 0) is 25.0 Å². The summed E-state index contributed by atoms with van der Waals surface area (Å²) < 4.78 is 39.2. The Kier molecular flexibility index (Phi) is 4.97. The van der Waals surface area contributed by atoms with Crippen LogP contribution in [0.5, 0.6) is 0 Å². The molecule has 0 spiro atoms. The largest absolute Gasteiger partial charge is 0.481 e. The zero-order valence-electron chi connectivity index (χ0n) is 14.0. The predicted molar refractivity (Wildman–Crippen MR) is 89.2 cm³/mol. The Morgan fingerprint density at radius 2 is 1.77 bits per heavy atom. The van der Waals surface area contributed by atoms with Crippen LogP contribution in [0.25, 0.3) is 0 Å². The van der Waals surface area contributed by atoms with Crippen LogP contribution in [0.2, 0.25) is 0 Å². The molecule has 26 heavy (non-hydrogen) atoms.